The molecule has 0 saturated carbocycles. The van der Waals surface area contributed by atoms with Crippen molar-refractivity contribution in [3.05, 3.63) is 66.5 Å². The average Bonchev–Trinajstić information content (AvgIpc) is 3.38. The van der Waals surface area contributed by atoms with Gasteiger partial charge in [0.1, 0.15) is 17.8 Å². The van der Waals surface area contributed by atoms with E-state index in [0.717, 1.165) is 33.5 Å². The minimum atomic E-state index is 0.226. The van der Waals surface area contributed by atoms with Crippen LogP contribution in [-0.2, 0) is 7.05 Å². The molecule has 0 aliphatic rings. The van der Waals surface area contributed by atoms with E-state index in [-0.39, 0.29) is 5.25 Å². The quantitative estimate of drug-likeness (QED) is 0.430. The highest BCUT2D eigenvalue weighted by Gasteiger charge is 2.14. The molecule has 0 saturated heterocycles. The maximum Gasteiger partial charge on any atom is 0.191 e. The smallest absolute Gasteiger partial charge is 0.191 e. The van der Waals surface area contributed by atoms with Gasteiger partial charge in [-0.3, -0.25) is 0 Å². The van der Waals surface area contributed by atoms with E-state index in [4.69, 9.17) is 9.26 Å². The van der Waals surface area contributed by atoms with Crippen molar-refractivity contribution in [3.63, 3.8) is 0 Å². The van der Waals surface area contributed by atoms with E-state index in [1.54, 1.807) is 25.2 Å². The highest BCUT2D eigenvalue weighted by atomic mass is 32.2. The summed E-state index contributed by atoms with van der Waals surface area (Å²) in [5.41, 5.74) is 3.91. The van der Waals surface area contributed by atoms with Crippen LogP contribution in [0.1, 0.15) is 17.7 Å². The average molecular weight is 392 g/mol. The zero-order valence-electron chi connectivity index (χ0n) is 15.9. The van der Waals surface area contributed by atoms with Crippen LogP contribution in [0.2, 0.25) is 0 Å². The summed E-state index contributed by atoms with van der Waals surface area (Å²) in [4.78, 5) is 0. The van der Waals surface area contributed by atoms with Crippen LogP contribution < -0.4 is 4.74 Å². The van der Waals surface area contributed by atoms with E-state index >= 15 is 0 Å². The first-order valence-electron chi connectivity index (χ1n) is 8.86. The number of thioether (sulfide) groups is 1. The maximum atomic E-state index is 5.61. The molecule has 4 aromatic rings. The number of benzene rings is 2. The number of rotatable bonds is 6. The van der Waals surface area contributed by atoms with Crippen LogP contribution in [0.25, 0.3) is 22.6 Å². The summed E-state index contributed by atoms with van der Waals surface area (Å²) in [6.07, 6.45) is 1.71. The molecule has 1 atom stereocenters. The number of aryl methyl sites for hydroxylation is 1. The van der Waals surface area contributed by atoms with Crippen LogP contribution in [0.4, 0.5) is 0 Å². The highest BCUT2D eigenvalue weighted by Crippen LogP contribution is 2.35. The van der Waals surface area contributed by atoms with Crippen LogP contribution in [0.15, 0.2) is 70.6 Å². The monoisotopic (exact) mass is 392 g/mol. The van der Waals surface area contributed by atoms with Crippen molar-refractivity contribution >= 4 is 11.8 Å². The number of aromatic nitrogens is 4. The molecule has 0 radical (unpaired) electrons. The van der Waals surface area contributed by atoms with Gasteiger partial charge in [-0.2, -0.15) is 0 Å². The van der Waals surface area contributed by atoms with Crippen LogP contribution in [0, 0.1) is 0 Å². The van der Waals surface area contributed by atoms with Gasteiger partial charge >= 0.3 is 0 Å². The number of methoxy groups -OCH3 is 1. The fraction of sp³-hybridized carbons (Fsp3) is 0.190. The molecule has 0 unspecified atom stereocenters. The lowest BCUT2D eigenvalue weighted by atomic mass is 10.1. The molecule has 4 rings (SSSR count). The Labute approximate surface area is 167 Å². The molecule has 142 valence electrons. The molecule has 0 amide bonds. The number of ether oxygens (including phenoxy) is 1. The third-order valence-electron chi connectivity index (χ3n) is 4.47. The maximum absolute atomic E-state index is 5.61. The van der Waals surface area contributed by atoms with Crippen LogP contribution in [0.3, 0.4) is 0 Å². The molecule has 2 aromatic heterocycles. The summed E-state index contributed by atoms with van der Waals surface area (Å²) in [5.74, 6) is 1.52. The Morgan fingerprint density at radius 2 is 1.89 bits per heavy atom. The molecule has 7 heteroatoms. The standard InChI is InChI=1S/C21H20N4O2S/c1-14(28-21-23-22-13-25(21)2)15-6-4-8-17(10-15)20-12-19(24-27-20)16-7-5-9-18(11-16)26-3/h4-14H,1-3H3/t14-/m0/s1. The zero-order valence-corrected chi connectivity index (χ0v) is 16.7. The van der Waals surface area contributed by atoms with Gasteiger partial charge in [0, 0.05) is 29.5 Å². The third-order valence-corrected chi connectivity index (χ3v) is 5.67. The van der Waals surface area contributed by atoms with Crippen molar-refractivity contribution in [2.75, 3.05) is 7.11 Å². The number of hydrogen-bond donors (Lipinski definition) is 0. The Morgan fingerprint density at radius 1 is 1.07 bits per heavy atom. The molecule has 28 heavy (non-hydrogen) atoms. The summed E-state index contributed by atoms with van der Waals surface area (Å²) in [5, 5.41) is 13.4. The normalized spacial score (nSPS) is 12.1. The van der Waals surface area contributed by atoms with Gasteiger partial charge < -0.3 is 13.8 Å². The second-order valence-electron chi connectivity index (χ2n) is 6.42. The fourth-order valence-electron chi connectivity index (χ4n) is 2.88. The zero-order chi connectivity index (χ0) is 19.5. The lowest BCUT2D eigenvalue weighted by Crippen LogP contribution is -1.94. The fourth-order valence-corrected chi connectivity index (χ4v) is 3.79. The van der Waals surface area contributed by atoms with Crippen molar-refractivity contribution in [1.82, 2.24) is 19.9 Å². The first-order valence-corrected chi connectivity index (χ1v) is 9.74. The van der Waals surface area contributed by atoms with E-state index < -0.39 is 0 Å². The molecular formula is C21H20N4O2S. The molecule has 0 N–H and O–H groups in total. The first kappa shape index (κ1) is 18.3. The Hall–Kier alpha value is -3.06. The van der Waals surface area contributed by atoms with Crippen LogP contribution in [-0.4, -0.2) is 27.0 Å². The Bertz CT molecular complexity index is 1090. The minimum absolute atomic E-state index is 0.226. The molecule has 0 bridgehead atoms. The molecule has 2 heterocycles. The van der Waals surface area contributed by atoms with Gasteiger partial charge in [0.15, 0.2) is 10.9 Å². The minimum Gasteiger partial charge on any atom is -0.497 e. The number of nitrogens with zero attached hydrogens (tertiary/aromatic N) is 4. The highest BCUT2D eigenvalue weighted by molar-refractivity contribution is 7.99. The van der Waals surface area contributed by atoms with Gasteiger partial charge in [0.25, 0.3) is 0 Å². The predicted octanol–water partition coefficient (Wildman–Crippen LogP) is 5.00. The predicted molar refractivity (Wildman–Crippen MR) is 109 cm³/mol. The summed E-state index contributed by atoms with van der Waals surface area (Å²) in [7, 11) is 3.60. The van der Waals surface area contributed by atoms with Gasteiger partial charge in [-0.25, -0.2) is 0 Å². The topological polar surface area (TPSA) is 66.0 Å². The van der Waals surface area contributed by atoms with E-state index in [9.17, 15) is 0 Å². The molecule has 6 nitrogen and oxygen atoms in total. The SMILES string of the molecule is COc1cccc(-c2cc(-c3cccc([C@H](C)Sc4nncn4C)c3)on2)c1. The van der Waals surface area contributed by atoms with Gasteiger partial charge in [-0.15, -0.1) is 10.2 Å². The van der Waals surface area contributed by atoms with Crippen molar-refractivity contribution < 1.29 is 9.26 Å². The lowest BCUT2D eigenvalue weighted by molar-refractivity contribution is 0.414. The van der Waals surface area contributed by atoms with Gasteiger partial charge in [0.2, 0.25) is 0 Å². The third kappa shape index (κ3) is 3.80. The van der Waals surface area contributed by atoms with E-state index in [2.05, 4.69) is 34.4 Å². The van der Waals surface area contributed by atoms with Gasteiger partial charge in [0.05, 0.1) is 7.11 Å². The van der Waals surface area contributed by atoms with Crippen molar-refractivity contribution in [3.8, 4) is 28.3 Å². The second-order valence-corrected chi connectivity index (χ2v) is 7.73. The van der Waals surface area contributed by atoms with Crippen LogP contribution in [0.5, 0.6) is 5.75 Å². The van der Waals surface area contributed by atoms with Crippen molar-refractivity contribution in [2.24, 2.45) is 7.05 Å². The summed E-state index contributed by atoms with van der Waals surface area (Å²) in [6.45, 7) is 2.15. The lowest BCUT2D eigenvalue weighted by Gasteiger charge is -2.11. The van der Waals surface area contributed by atoms with Gasteiger partial charge in [-0.1, -0.05) is 47.3 Å². The van der Waals surface area contributed by atoms with Crippen molar-refractivity contribution in [1.29, 1.82) is 0 Å². The van der Waals surface area contributed by atoms with Gasteiger partial charge in [-0.05, 0) is 30.7 Å². The summed E-state index contributed by atoms with van der Waals surface area (Å²) < 4.78 is 12.8. The van der Waals surface area contributed by atoms with E-state index in [0.29, 0.717) is 0 Å². The second kappa shape index (κ2) is 7.90. The number of hydrogen-bond acceptors (Lipinski definition) is 6. The molecule has 0 fully saturated rings. The Morgan fingerprint density at radius 3 is 2.68 bits per heavy atom. The first-order chi connectivity index (χ1) is 13.6. The van der Waals surface area contributed by atoms with E-state index in [1.165, 1.54) is 5.56 Å². The van der Waals surface area contributed by atoms with Crippen molar-refractivity contribution in [2.45, 2.75) is 17.3 Å². The molecule has 0 aliphatic carbocycles. The Kier molecular flexibility index (Phi) is 5.16. The molecular weight excluding hydrogens is 372 g/mol. The Balaban J connectivity index is 1.58. The summed E-state index contributed by atoms with van der Waals surface area (Å²) in [6, 6.07) is 18.0. The van der Waals surface area contributed by atoms with Crippen LogP contribution >= 0.6 is 11.8 Å². The largest absolute Gasteiger partial charge is 0.497 e. The molecule has 0 spiro atoms. The summed E-state index contributed by atoms with van der Waals surface area (Å²) >= 11 is 1.67. The van der Waals surface area contributed by atoms with E-state index in [1.807, 2.05) is 54.1 Å². The molecule has 2 aromatic carbocycles. The molecule has 0 aliphatic heterocycles.